The molecule has 1 unspecified atom stereocenters. The van der Waals surface area contributed by atoms with Gasteiger partial charge in [0.2, 0.25) is 21.8 Å². The van der Waals surface area contributed by atoms with Crippen molar-refractivity contribution in [3.05, 3.63) is 65.5 Å². The summed E-state index contributed by atoms with van der Waals surface area (Å²) in [6, 6.07) is 11.9. The van der Waals surface area contributed by atoms with E-state index in [0.29, 0.717) is 17.7 Å². The minimum absolute atomic E-state index is 0.0325. The Morgan fingerprint density at radius 3 is 2.18 bits per heavy atom. The van der Waals surface area contributed by atoms with Gasteiger partial charge >= 0.3 is 0 Å². The molecule has 33 heavy (non-hydrogen) atoms. The van der Waals surface area contributed by atoms with E-state index in [4.69, 9.17) is 0 Å². The molecule has 0 bridgehead atoms. The number of anilines is 1. The van der Waals surface area contributed by atoms with Crippen LogP contribution in [-0.4, -0.2) is 51.0 Å². The van der Waals surface area contributed by atoms with Crippen molar-refractivity contribution in [2.24, 2.45) is 0 Å². The summed E-state index contributed by atoms with van der Waals surface area (Å²) in [5, 5.41) is 2.56. The molecule has 0 heterocycles. The standard InChI is InChI=1S/C24H32FN3O4S/c1-6-21(24(30)26-4)27(15-18-11-13-19(25)14-12-18)23(29)16-28(33(5,31)32)22-10-8-7-9-20(22)17(2)3/h7-14,17,21H,6,15-16H2,1-5H3,(H,26,30). The predicted molar refractivity (Wildman–Crippen MR) is 128 cm³/mol. The number of halogens is 1. The zero-order valence-electron chi connectivity index (χ0n) is 19.7. The Hall–Kier alpha value is -2.94. The lowest BCUT2D eigenvalue weighted by molar-refractivity contribution is -0.140. The van der Waals surface area contributed by atoms with Gasteiger partial charge in [-0.15, -0.1) is 0 Å². The van der Waals surface area contributed by atoms with Crippen LogP contribution in [0.3, 0.4) is 0 Å². The number of sulfonamides is 1. The normalized spacial score (nSPS) is 12.3. The molecule has 0 aliphatic carbocycles. The Kier molecular flexibility index (Phi) is 8.99. The topological polar surface area (TPSA) is 86.8 Å². The Balaban J connectivity index is 2.48. The maximum Gasteiger partial charge on any atom is 0.244 e. The van der Waals surface area contributed by atoms with E-state index >= 15 is 0 Å². The molecule has 0 radical (unpaired) electrons. The van der Waals surface area contributed by atoms with Crippen molar-refractivity contribution in [2.45, 2.75) is 45.7 Å². The van der Waals surface area contributed by atoms with E-state index in [1.807, 2.05) is 26.0 Å². The highest BCUT2D eigenvalue weighted by Crippen LogP contribution is 2.29. The van der Waals surface area contributed by atoms with Crippen LogP contribution in [0.2, 0.25) is 0 Å². The number of nitrogens with zero attached hydrogens (tertiary/aromatic N) is 2. The fourth-order valence-corrected chi connectivity index (χ4v) is 4.54. The second-order valence-corrected chi connectivity index (χ2v) is 10.1. The van der Waals surface area contributed by atoms with E-state index in [9.17, 15) is 22.4 Å². The van der Waals surface area contributed by atoms with Gasteiger partial charge in [-0.2, -0.15) is 0 Å². The zero-order valence-corrected chi connectivity index (χ0v) is 20.5. The van der Waals surface area contributed by atoms with Crippen LogP contribution in [0.15, 0.2) is 48.5 Å². The van der Waals surface area contributed by atoms with E-state index < -0.39 is 34.3 Å². The van der Waals surface area contributed by atoms with Crippen molar-refractivity contribution in [3.63, 3.8) is 0 Å². The Bertz CT molecular complexity index is 1070. The summed E-state index contributed by atoms with van der Waals surface area (Å²) in [4.78, 5) is 27.4. The maximum atomic E-state index is 13.5. The van der Waals surface area contributed by atoms with Crippen molar-refractivity contribution in [1.82, 2.24) is 10.2 Å². The summed E-state index contributed by atoms with van der Waals surface area (Å²) in [6.45, 7) is 5.24. The molecule has 0 spiro atoms. The number of hydrogen-bond acceptors (Lipinski definition) is 4. The van der Waals surface area contributed by atoms with Crippen LogP contribution in [-0.2, 0) is 26.2 Å². The summed E-state index contributed by atoms with van der Waals surface area (Å²) < 4.78 is 39.9. The average molecular weight is 478 g/mol. The third-order valence-corrected chi connectivity index (χ3v) is 6.53. The first-order valence-electron chi connectivity index (χ1n) is 10.8. The quantitative estimate of drug-likeness (QED) is 0.569. The highest BCUT2D eigenvalue weighted by atomic mass is 32.2. The lowest BCUT2D eigenvalue weighted by Crippen LogP contribution is -2.51. The van der Waals surface area contributed by atoms with Gasteiger partial charge in [0, 0.05) is 13.6 Å². The Morgan fingerprint density at radius 2 is 1.67 bits per heavy atom. The molecule has 0 aliphatic rings. The summed E-state index contributed by atoms with van der Waals surface area (Å²) >= 11 is 0. The SMILES string of the molecule is CCC(C(=O)NC)N(Cc1ccc(F)cc1)C(=O)CN(c1ccccc1C(C)C)S(C)(=O)=O. The van der Waals surface area contributed by atoms with Crippen LogP contribution in [0.25, 0.3) is 0 Å². The number of hydrogen-bond donors (Lipinski definition) is 1. The number of carbonyl (C=O) groups is 2. The minimum Gasteiger partial charge on any atom is -0.357 e. The second-order valence-electron chi connectivity index (χ2n) is 8.17. The number of likely N-dealkylation sites (N-methyl/N-ethyl adjacent to an activating group) is 1. The van der Waals surface area contributed by atoms with E-state index in [-0.39, 0.29) is 18.4 Å². The van der Waals surface area contributed by atoms with Gasteiger partial charge in [-0.3, -0.25) is 13.9 Å². The van der Waals surface area contributed by atoms with E-state index in [2.05, 4.69) is 5.32 Å². The molecule has 0 saturated heterocycles. The third-order valence-electron chi connectivity index (χ3n) is 5.41. The predicted octanol–water partition coefficient (Wildman–Crippen LogP) is 3.27. The molecule has 0 aromatic heterocycles. The number of carbonyl (C=O) groups excluding carboxylic acids is 2. The first-order valence-corrected chi connectivity index (χ1v) is 12.7. The van der Waals surface area contributed by atoms with Gasteiger partial charge in [0.05, 0.1) is 11.9 Å². The molecule has 1 atom stereocenters. The van der Waals surface area contributed by atoms with Crippen molar-refractivity contribution < 1.29 is 22.4 Å². The average Bonchev–Trinajstić information content (AvgIpc) is 2.77. The molecule has 2 aromatic rings. The molecule has 7 nitrogen and oxygen atoms in total. The summed E-state index contributed by atoms with van der Waals surface area (Å²) in [5.74, 6) is -1.27. The molecular weight excluding hydrogens is 445 g/mol. The molecule has 2 amide bonds. The fourth-order valence-electron chi connectivity index (χ4n) is 3.67. The molecule has 2 rings (SSSR count). The number of amides is 2. The van der Waals surface area contributed by atoms with Gasteiger partial charge in [0.1, 0.15) is 18.4 Å². The van der Waals surface area contributed by atoms with Gasteiger partial charge in [0.25, 0.3) is 0 Å². The molecule has 180 valence electrons. The number of para-hydroxylation sites is 1. The van der Waals surface area contributed by atoms with Crippen LogP contribution in [0.1, 0.15) is 44.2 Å². The highest BCUT2D eigenvalue weighted by molar-refractivity contribution is 7.92. The summed E-state index contributed by atoms with van der Waals surface area (Å²) in [7, 11) is -2.32. The molecular formula is C24H32FN3O4S. The van der Waals surface area contributed by atoms with Crippen LogP contribution >= 0.6 is 0 Å². The maximum absolute atomic E-state index is 13.5. The monoisotopic (exact) mass is 477 g/mol. The minimum atomic E-state index is -3.80. The highest BCUT2D eigenvalue weighted by Gasteiger charge is 2.32. The summed E-state index contributed by atoms with van der Waals surface area (Å²) in [5.41, 5.74) is 1.85. The molecule has 0 saturated carbocycles. The van der Waals surface area contributed by atoms with Crippen LogP contribution in [0, 0.1) is 5.82 Å². The Morgan fingerprint density at radius 1 is 1.06 bits per heavy atom. The summed E-state index contributed by atoms with van der Waals surface area (Å²) in [6.07, 6.45) is 1.38. The zero-order chi connectivity index (χ0) is 24.8. The van der Waals surface area contributed by atoms with Crippen LogP contribution in [0.4, 0.5) is 10.1 Å². The molecule has 9 heteroatoms. The van der Waals surface area contributed by atoms with Crippen molar-refractivity contribution in [2.75, 3.05) is 24.2 Å². The van der Waals surface area contributed by atoms with Crippen molar-refractivity contribution >= 4 is 27.5 Å². The van der Waals surface area contributed by atoms with Gasteiger partial charge in [-0.05, 0) is 41.7 Å². The van der Waals surface area contributed by atoms with Crippen molar-refractivity contribution in [3.8, 4) is 0 Å². The number of nitrogens with one attached hydrogen (secondary N) is 1. The third kappa shape index (κ3) is 6.77. The largest absolute Gasteiger partial charge is 0.357 e. The molecule has 2 aromatic carbocycles. The lowest BCUT2D eigenvalue weighted by atomic mass is 10.0. The van der Waals surface area contributed by atoms with Crippen molar-refractivity contribution in [1.29, 1.82) is 0 Å². The van der Waals surface area contributed by atoms with E-state index in [0.717, 1.165) is 16.1 Å². The number of benzene rings is 2. The molecule has 1 N–H and O–H groups in total. The second kappa shape index (κ2) is 11.3. The number of rotatable bonds is 10. The molecule has 0 fully saturated rings. The fraction of sp³-hybridized carbons (Fsp3) is 0.417. The van der Waals surface area contributed by atoms with Gasteiger partial charge < -0.3 is 10.2 Å². The van der Waals surface area contributed by atoms with E-state index in [1.165, 1.54) is 36.2 Å². The van der Waals surface area contributed by atoms with Gasteiger partial charge in [-0.1, -0.05) is 51.1 Å². The Labute approximate surface area is 195 Å². The van der Waals surface area contributed by atoms with E-state index in [1.54, 1.807) is 19.1 Å². The first kappa shape index (κ1) is 26.3. The van der Waals surface area contributed by atoms with Gasteiger partial charge in [0.15, 0.2) is 0 Å². The van der Waals surface area contributed by atoms with Crippen LogP contribution in [0.5, 0.6) is 0 Å². The van der Waals surface area contributed by atoms with Crippen LogP contribution < -0.4 is 9.62 Å². The molecule has 0 aliphatic heterocycles. The van der Waals surface area contributed by atoms with Gasteiger partial charge in [-0.25, -0.2) is 12.8 Å². The lowest BCUT2D eigenvalue weighted by Gasteiger charge is -2.33. The smallest absolute Gasteiger partial charge is 0.244 e. The first-order chi connectivity index (χ1) is 15.5.